The van der Waals surface area contributed by atoms with E-state index in [1.54, 1.807) is 26.0 Å². The van der Waals surface area contributed by atoms with Gasteiger partial charge in [0.1, 0.15) is 0 Å². The number of nitro benzene ring substituents is 1. The lowest BCUT2D eigenvalue weighted by molar-refractivity contribution is -0.384. The van der Waals surface area contributed by atoms with E-state index in [1.807, 2.05) is 12.1 Å². The van der Waals surface area contributed by atoms with Crippen LogP contribution in [-0.4, -0.2) is 22.4 Å². The van der Waals surface area contributed by atoms with Crippen LogP contribution in [0.1, 0.15) is 24.2 Å². The fourth-order valence-electron chi connectivity index (χ4n) is 2.71. The molecule has 148 valence electrons. The zero-order valence-corrected chi connectivity index (χ0v) is 17.6. The van der Waals surface area contributed by atoms with E-state index in [-0.39, 0.29) is 17.2 Å². The van der Waals surface area contributed by atoms with Crippen LogP contribution < -0.4 is 15.9 Å². The maximum atomic E-state index is 12.8. The van der Waals surface area contributed by atoms with Crippen molar-refractivity contribution in [3.63, 3.8) is 0 Å². The number of rotatable bonds is 5. The van der Waals surface area contributed by atoms with Crippen molar-refractivity contribution in [1.82, 2.24) is 10.9 Å². The molecule has 29 heavy (non-hydrogen) atoms. The van der Waals surface area contributed by atoms with Crippen molar-refractivity contribution in [1.29, 1.82) is 0 Å². The number of hydrazone groups is 1. The van der Waals surface area contributed by atoms with E-state index >= 15 is 0 Å². The monoisotopic (exact) mass is 505 g/mol. The summed E-state index contributed by atoms with van der Waals surface area (Å²) in [5, 5.41) is 16.3. The van der Waals surface area contributed by atoms with Gasteiger partial charge in [-0.2, -0.15) is 10.1 Å². The Kier molecular flexibility index (Phi) is 5.92. The lowest BCUT2D eigenvalue weighted by Crippen LogP contribution is -2.37. The van der Waals surface area contributed by atoms with E-state index in [1.165, 1.54) is 29.3 Å². The highest BCUT2D eigenvalue weighted by molar-refractivity contribution is 14.1. The van der Waals surface area contributed by atoms with Crippen molar-refractivity contribution in [3.8, 4) is 0 Å². The molecule has 0 aliphatic carbocycles. The number of hydrazine groups is 1. The summed E-state index contributed by atoms with van der Waals surface area (Å²) in [6, 6.07) is 12.6. The highest BCUT2D eigenvalue weighted by Gasteiger charge is 2.30. The maximum Gasteiger partial charge on any atom is 0.282 e. The Labute approximate surface area is 179 Å². The van der Waals surface area contributed by atoms with Crippen molar-refractivity contribution in [2.24, 2.45) is 5.10 Å². The van der Waals surface area contributed by atoms with Gasteiger partial charge in [0.2, 0.25) is 0 Å². The number of carbonyl (C=O) groups is 2. The number of nitrogens with zero attached hydrogens (tertiary/aromatic N) is 3. The fraction of sp³-hybridized carbons (Fsp3) is 0.105. The third-order valence-electron chi connectivity index (χ3n) is 4.17. The lowest BCUT2D eigenvalue weighted by Gasteiger charge is -2.13. The number of nitro groups is 1. The molecule has 2 amide bonds. The molecule has 1 aliphatic heterocycles. The van der Waals surface area contributed by atoms with Gasteiger partial charge in [0.25, 0.3) is 17.5 Å². The summed E-state index contributed by atoms with van der Waals surface area (Å²) < 4.78 is 1.04. The van der Waals surface area contributed by atoms with Crippen molar-refractivity contribution >= 4 is 51.5 Å². The predicted molar refractivity (Wildman–Crippen MR) is 116 cm³/mol. The van der Waals surface area contributed by atoms with E-state index in [0.29, 0.717) is 22.7 Å². The normalized spacial score (nSPS) is 15.1. The van der Waals surface area contributed by atoms with Gasteiger partial charge in [0.15, 0.2) is 0 Å². The first-order valence-corrected chi connectivity index (χ1v) is 9.53. The van der Waals surface area contributed by atoms with Crippen LogP contribution >= 0.6 is 22.6 Å². The Morgan fingerprint density at radius 2 is 1.72 bits per heavy atom. The molecule has 0 radical (unpaired) electrons. The number of hydrogen-bond acceptors (Lipinski definition) is 6. The number of halogens is 1. The van der Waals surface area contributed by atoms with Gasteiger partial charge in [0.05, 0.1) is 21.9 Å². The summed E-state index contributed by atoms with van der Waals surface area (Å²) >= 11 is 2.18. The number of benzene rings is 2. The molecular formula is C19H16IN5O4. The van der Waals surface area contributed by atoms with Crippen molar-refractivity contribution in [2.75, 3.05) is 5.01 Å². The zero-order chi connectivity index (χ0) is 21.1. The quantitative estimate of drug-likeness (QED) is 0.280. The molecule has 0 aromatic heterocycles. The van der Waals surface area contributed by atoms with Crippen molar-refractivity contribution < 1.29 is 14.5 Å². The number of non-ortho nitro benzene ring substituents is 1. The molecule has 2 aromatic rings. The number of allylic oxidation sites excluding steroid dienone is 1. The molecule has 0 saturated heterocycles. The summed E-state index contributed by atoms with van der Waals surface area (Å²) in [6.07, 6.45) is 0. The second-order valence-electron chi connectivity index (χ2n) is 6.16. The third kappa shape index (κ3) is 4.42. The Balaban J connectivity index is 1.71. The van der Waals surface area contributed by atoms with Crippen molar-refractivity contribution in [3.05, 3.63) is 79.0 Å². The van der Waals surface area contributed by atoms with Crippen LogP contribution in [0.3, 0.4) is 0 Å². The van der Waals surface area contributed by atoms with E-state index in [0.717, 1.165) is 3.57 Å². The molecule has 10 heteroatoms. The minimum Gasteiger partial charge on any atom is -0.302 e. The first-order valence-electron chi connectivity index (χ1n) is 8.45. The fourth-order valence-corrected chi connectivity index (χ4v) is 3.07. The predicted octanol–water partition coefficient (Wildman–Crippen LogP) is 3.13. The minimum atomic E-state index is -0.540. The van der Waals surface area contributed by atoms with Crippen LogP contribution in [0.2, 0.25) is 0 Å². The first-order chi connectivity index (χ1) is 13.8. The minimum absolute atomic E-state index is 0.105. The summed E-state index contributed by atoms with van der Waals surface area (Å²) in [5.41, 5.74) is 7.29. The summed E-state index contributed by atoms with van der Waals surface area (Å²) in [5.74, 6) is -0.798. The highest BCUT2D eigenvalue weighted by atomic mass is 127. The molecule has 2 aromatic carbocycles. The molecule has 0 fully saturated rings. The molecule has 0 saturated carbocycles. The first kappa shape index (κ1) is 20.5. The number of nitrogens with one attached hydrogen (secondary N) is 2. The second-order valence-corrected chi connectivity index (χ2v) is 7.41. The molecule has 0 spiro atoms. The van der Waals surface area contributed by atoms with Crippen LogP contribution in [0.4, 0.5) is 11.4 Å². The van der Waals surface area contributed by atoms with Crippen LogP contribution in [0.5, 0.6) is 0 Å². The largest absolute Gasteiger partial charge is 0.302 e. The molecule has 0 atom stereocenters. The van der Waals surface area contributed by atoms with E-state index in [4.69, 9.17) is 0 Å². The standard InChI is InChI=1S/C19H16IN5O4/c1-11(21-22-18(26)13-3-7-16(8-4-13)25(28)29)17-12(2)23-24(19(17)27)15-9-5-14(20)6-10-15/h3-10,21H,1-2H3,(H,22,26)/b17-11-. The van der Waals surface area contributed by atoms with Crippen LogP contribution in [0.15, 0.2) is 64.9 Å². The van der Waals surface area contributed by atoms with Crippen LogP contribution in [-0.2, 0) is 4.79 Å². The van der Waals surface area contributed by atoms with Gasteiger partial charge in [-0.3, -0.25) is 25.1 Å². The van der Waals surface area contributed by atoms with Gasteiger partial charge in [-0.15, -0.1) is 0 Å². The Bertz CT molecular complexity index is 1050. The highest BCUT2D eigenvalue weighted by Crippen LogP contribution is 2.25. The van der Waals surface area contributed by atoms with Gasteiger partial charge in [0, 0.05) is 27.0 Å². The zero-order valence-electron chi connectivity index (χ0n) is 15.5. The average molecular weight is 505 g/mol. The third-order valence-corrected chi connectivity index (χ3v) is 4.89. The molecule has 0 bridgehead atoms. The van der Waals surface area contributed by atoms with Gasteiger partial charge in [-0.05, 0) is 72.8 Å². The van der Waals surface area contributed by atoms with E-state index < -0.39 is 10.8 Å². The molecule has 2 N–H and O–H groups in total. The Hall–Kier alpha value is -3.28. The SMILES string of the molecule is CC1=NN(c2ccc(I)cc2)C(=O)/C1=C(/C)NNC(=O)c1ccc([N+](=O)[O-])cc1. The molecule has 0 unspecified atom stereocenters. The molecule has 9 nitrogen and oxygen atoms in total. The number of anilines is 1. The van der Waals surface area contributed by atoms with Gasteiger partial charge in [-0.25, -0.2) is 0 Å². The van der Waals surface area contributed by atoms with Crippen molar-refractivity contribution in [2.45, 2.75) is 13.8 Å². The number of carbonyl (C=O) groups excluding carboxylic acids is 2. The number of amides is 2. The van der Waals surface area contributed by atoms with Crippen LogP contribution in [0, 0.1) is 13.7 Å². The molecular weight excluding hydrogens is 489 g/mol. The summed E-state index contributed by atoms with van der Waals surface area (Å²) in [6.45, 7) is 3.36. The number of hydrogen-bond donors (Lipinski definition) is 2. The van der Waals surface area contributed by atoms with E-state index in [9.17, 15) is 19.7 Å². The smallest absolute Gasteiger partial charge is 0.282 e. The lowest BCUT2D eigenvalue weighted by atomic mass is 10.1. The Morgan fingerprint density at radius 3 is 2.31 bits per heavy atom. The summed E-state index contributed by atoms with van der Waals surface area (Å²) in [7, 11) is 0. The maximum absolute atomic E-state index is 12.8. The molecule has 1 aliphatic rings. The second kappa shape index (κ2) is 8.39. The molecule has 3 rings (SSSR count). The average Bonchev–Trinajstić information content (AvgIpc) is 3.00. The Morgan fingerprint density at radius 1 is 1.10 bits per heavy atom. The molecule has 1 heterocycles. The topological polar surface area (TPSA) is 117 Å². The van der Waals surface area contributed by atoms with Gasteiger partial charge in [-0.1, -0.05) is 0 Å². The van der Waals surface area contributed by atoms with E-state index in [2.05, 4.69) is 38.5 Å². The van der Waals surface area contributed by atoms with Gasteiger partial charge < -0.3 is 5.43 Å². The van der Waals surface area contributed by atoms with Gasteiger partial charge >= 0.3 is 0 Å². The van der Waals surface area contributed by atoms with Crippen LogP contribution in [0.25, 0.3) is 0 Å². The summed E-state index contributed by atoms with van der Waals surface area (Å²) in [4.78, 5) is 35.2.